The number of amides is 2. The molecule has 0 aliphatic rings. The molecule has 1 aromatic heterocycles. The number of thiophene rings is 1. The normalized spacial score (nSPS) is 10.9. The average Bonchev–Trinajstić information content (AvgIpc) is 3.34. The van der Waals surface area contributed by atoms with Crippen molar-refractivity contribution in [3.63, 3.8) is 0 Å². The molecular formula is C26H20BrFN4O6S. The van der Waals surface area contributed by atoms with E-state index in [9.17, 15) is 24.1 Å². The highest BCUT2D eigenvalue weighted by Crippen LogP contribution is 2.33. The molecule has 200 valence electrons. The van der Waals surface area contributed by atoms with E-state index in [1.165, 1.54) is 53.9 Å². The van der Waals surface area contributed by atoms with Crippen molar-refractivity contribution < 1.29 is 28.4 Å². The van der Waals surface area contributed by atoms with Crippen molar-refractivity contribution in [1.29, 1.82) is 0 Å². The Morgan fingerprint density at radius 2 is 1.85 bits per heavy atom. The van der Waals surface area contributed by atoms with E-state index < -0.39 is 22.6 Å². The van der Waals surface area contributed by atoms with E-state index in [0.717, 1.165) is 4.70 Å². The average molecular weight is 615 g/mol. The molecule has 3 aromatic carbocycles. The third kappa shape index (κ3) is 7.15. The largest absolute Gasteiger partial charge is 0.490 e. The van der Waals surface area contributed by atoms with Crippen LogP contribution in [-0.4, -0.2) is 36.2 Å². The second-order valence-corrected chi connectivity index (χ2v) is 9.82. The molecule has 0 atom stereocenters. The van der Waals surface area contributed by atoms with Crippen molar-refractivity contribution in [2.24, 2.45) is 5.10 Å². The molecule has 2 N–H and O–H groups in total. The van der Waals surface area contributed by atoms with E-state index in [4.69, 9.17) is 9.47 Å². The second kappa shape index (κ2) is 12.5. The first-order chi connectivity index (χ1) is 18.7. The highest BCUT2D eigenvalue weighted by molar-refractivity contribution is 9.10. The molecule has 0 radical (unpaired) electrons. The summed E-state index contributed by atoms with van der Waals surface area (Å²) in [4.78, 5) is 35.6. The third-order valence-corrected chi connectivity index (χ3v) is 6.96. The van der Waals surface area contributed by atoms with Gasteiger partial charge in [0.05, 0.1) is 22.6 Å². The van der Waals surface area contributed by atoms with Crippen LogP contribution in [0.4, 0.5) is 15.8 Å². The zero-order chi connectivity index (χ0) is 27.9. The van der Waals surface area contributed by atoms with Crippen LogP contribution in [0.25, 0.3) is 10.1 Å². The fourth-order valence-electron chi connectivity index (χ4n) is 3.38. The lowest BCUT2D eigenvalue weighted by molar-refractivity contribution is -0.384. The monoisotopic (exact) mass is 614 g/mol. The standard InChI is InChI=1S/C26H20BrFN4O6S/c1-2-37-21-10-16(20(27)12-22(21)38-14-25(33)30-18-5-3-17(28)4-6-18)13-29-31-26(34)24-11-15-9-19(32(35)36)7-8-23(15)39-24/h3-13H,2,14H2,1H3,(H,30,33)(H,31,34)/b29-13-. The van der Waals surface area contributed by atoms with E-state index in [1.54, 1.807) is 31.2 Å². The van der Waals surface area contributed by atoms with Crippen molar-refractivity contribution in [2.45, 2.75) is 6.92 Å². The van der Waals surface area contributed by atoms with Crippen molar-refractivity contribution in [3.8, 4) is 11.5 Å². The number of carbonyl (C=O) groups is 2. The number of hydrogen-bond acceptors (Lipinski definition) is 8. The van der Waals surface area contributed by atoms with Gasteiger partial charge in [0.25, 0.3) is 17.5 Å². The summed E-state index contributed by atoms with van der Waals surface area (Å²) in [6.45, 7) is 1.81. The number of fused-ring (bicyclic) bond motifs is 1. The summed E-state index contributed by atoms with van der Waals surface area (Å²) in [5, 5.41) is 18.2. The lowest BCUT2D eigenvalue weighted by atomic mass is 10.2. The highest BCUT2D eigenvalue weighted by Gasteiger charge is 2.15. The Bertz CT molecular complexity index is 1570. The number of halogens is 2. The summed E-state index contributed by atoms with van der Waals surface area (Å²) in [5.74, 6) is -0.660. The Hall–Kier alpha value is -4.36. The fraction of sp³-hybridized carbons (Fsp3) is 0.115. The Balaban J connectivity index is 1.41. The zero-order valence-electron chi connectivity index (χ0n) is 20.3. The molecule has 2 amide bonds. The van der Waals surface area contributed by atoms with E-state index in [2.05, 4.69) is 31.8 Å². The second-order valence-electron chi connectivity index (χ2n) is 7.89. The van der Waals surface area contributed by atoms with Crippen LogP contribution in [0, 0.1) is 15.9 Å². The maximum Gasteiger partial charge on any atom is 0.281 e. The van der Waals surface area contributed by atoms with Gasteiger partial charge in [0.2, 0.25) is 0 Å². The maximum absolute atomic E-state index is 13.0. The van der Waals surface area contributed by atoms with Crippen molar-refractivity contribution >= 4 is 66.8 Å². The first kappa shape index (κ1) is 27.7. The molecule has 4 rings (SSSR count). The van der Waals surface area contributed by atoms with Gasteiger partial charge in [0.15, 0.2) is 18.1 Å². The predicted octanol–water partition coefficient (Wildman–Crippen LogP) is 5.89. The van der Waals surface area contributed by atoms with Crippen LogP contribution < -0.4 is 20.2 Å². The molecule has 39 heavy (non-hydrogen) atoms. The quantitative estimate of drug-likeness (QED) is 0.130. The number of hydrazone groups is 1. The topological polar surface area (TPSA) is 132 Å². The zero-order valence-corrected chi connectivity index (χ0v) is 22.7. The smallest absolute Gasteiger partial charge is 0.281 e. The Morgan fingerprint density at radius 3 is 2.56 bits per heavy atom. The molecule has 0 aliphatic carbocycles. The van der Waals surface area contributed by atoms with Crippen LogP contribution in [0.5, 0.6) is 11.5 Å². The lowest BCUT2D eigenvalue weighted by Gasteiger charge is -2.14. The number of carbonyl (C=O) groups excluding carboxylic acids is 2. The number of ether oxygens (including phenoxy) is 2. The number of nitro benzene ring substituents is 1. The van der Waals surface area contributed by atoms with Crippen LogP contribution in [0.15, 0.2) is 70.2 Å². The number of anilines is 1. The number of nitro groups is 1. The lowest BCUT2D eigenvalue weighted by Crippen LogP contribution is -2.20. The van der Waals surface area contributed by atoms with E-state index >= 15 is 0 Å². The predicted molar refractivity (Wildman–Crippen MR) is 149 cm³/mol. The minimum Gasteiger partial charge on any atom is -0.490 e. The molecule has 0 saturated carbocycles. The molecule has 0 unspecified atom stereocenters. The van der Waals surface area contributed by atoms with Gasteiger partial charge in [-0.05, 0) is 71.4 Å². The molecule has 0 saturated heterocycles. The number of nitrogens with one attached hydrogen (secondary N) is 2. The first-order valence-corrected chi connectivity index (χ1v) is 13.0. The SMILES string of the molecule is CCOc1cc(/C=N\NC(=O)c2cc3cc([N+](=O)[O-])ccc3s2)c(Br)cc1OCC(=O)Nc1ccc(F)cc1. The maximum atomic E-state index is 13.0. The Morgan fingerprint density at radius 1 is 1.10 bits per heavy atom. The highest BCUT2D eigenvalue weighted by atomic mass is 79.9. The summed E-state index contributed by atoms with van der Waals surface area (Å²) in [5.41, 5.74) is 3.39. The number of nitrogens with zero attached hydrogens (tertiary/aromatic N) is 2. The van der Waals surface area contributed by atoms with Gasteiger partial charge in [-0.3, -0.25) is 19.7 Å². The first-order valence-electron chi connectivity index (χ1n) is 11.4. The summed E-state index contributed by atoms with van der Waals surface area (Å²) in [6, 6.07) is 14.6. The summed E-state index contributed by atoms with van der Waals surface area (Å²) < 4.78 is 25.6. The minimum absolute atomic E-state index is 0.0545. The van der Waals surface area contributed by atoms with Gasteiger partial charge in [0, 0.05) is 37.9 Å². The van der Waals surface area contributed by atoms with Gasteiger partial charge >= 0.3 is 0 Å². The molecule has 0 spiro atoms. The molecule has 4 aromatic rings. The number of benzene rings is 3. The molecular weight excluding hydrogens is 595 g/mol. The number of non-ortho nitro benzene ring substituents is 1. The molecule has 0 fully saturated rings. The number of hydrogen-bond donors (Lipinski definition) is 2. The van der Waals surface area contributed by atoms with Crippen LogP contribution >= 0.6 is 27.3 Å². The van der Waals surface area contributed by atoms with Gasteiger partial charge < -0.3 is 14.8 Å². The fourth-order valence-corrected chi connectivity index (χ4v) is 4.73. The van der Waals surface area contributed by atoms with Crippen molar-refractivity contribution in [1.82, 2.24) is 5.43 Å². The molecule has 10 nitrogen and oxygen atoms in total. The third-order valence-electron chi connectivity index (χ3n) is 5.15. The van der Waals surface area contributed by atoms with Crippen LogP contribution in [0.2, 0.25) is 0 Å². The number of rotatable bonds is 10. The van der Waals surface area contributed by atoms with Crippen molar-refractivity contribution in [3.05, 3.63) is 91.5 Å². The summed E-state index contributed by atoms with van der Waals surface area (Å²) >= 11 is 4.62. The van der Waals surface area contributed by atoms with Gasteiger partial charge in [0.1, 0.15) is 5.82 Å². The van der Waals surface area contributed by atoms with E-state index in [-0.39, 0.29) is 12.3 Å². The minimum atomic E-state index is -0.491. The Kier molecular flexibility index (Phi) is 8.84. The van der Waals surface area contributed by atoms with Gasteiger partial charge in [-0.25, -0.2) is 9.82 Å². The molecule has 13 heteroatoms. The molecule has 0 bridgehead atoms. The summed E-state index contributed by atoms with van der Waals surface area (Å²) in [7, 11) is 0. The van der Waals surface area contributed by atoms with Crippen molar-refractivity contribution in [2.75, 3.05) is 18.5 Å². The summed E-state index contributed by atoms with van der Waals surface area (Å²) in [6.07, 6.45) is 1.41. The van der Waals surface area contributed by atoms with Crippen LogP contribution in [0.1, 0.15) is 22.2 Å². The van der Waals surface area contributed by atoms with Gasteiger partial charge in [-0.1, -0.05) is 0 Å². The van der Waals surface area contributed by atoms with Gasteiger partial charge in [-0.2, -0.15) is 5.10 Å². The van der Waals surface area contributed by atoms with Crippen LogP contribution in [-0.2, 0) is 4.79 Å². The van der Waals surface area contributed by atoms with E-state index in [1.807, 2.05) is 0 Å². The van der Waals surface area contributed by atoms with Crippen LogP contribution in [0.3, 0.4) is 0 Å². The van der Waals surface area contributed by atoms with E-state index in [0.29, 0.717) is 44.1 Å². The Labute approximate surface area is 233 Å². The molecule has 0 aliphatic heterocycles. The molecule has 1 heterocycles. The van der Waals surface area contributed by atoms with Gasteiger partial charge in [-0.15, -0.1) is 11.3 Å².